The molecule has 7 nitrogen and oxygen atoms in total. The lowest BCUT2D eigenvalue weighted by atomic mass is 9.99. The van der Waals surface area contributed by atoms with E-state index >= 15 is 0 Å². The van der Waals surface area contributed by atoms with Gasteiger partial charge < -0.3 is 35.0 Å². The highest BCUT2D eigenvalue weighted by Crippen LogP contribution is 2.22. The Bertz CT molecular complexity index is 415. The Balaban J connectivity index is 2.53. The van der Waals surface area contributed by atoms with Crippen molar-refractivity contribution < 1.29 is 35.0 Å². The van der Waals surface area contributed by atoms with E-state index in [-0.39, 0.29) is 6.61 Å². The first-order valence-corrected chi connectivity index (χ1v) is 7.68. The number of allylic oxidation sites excluding steroid dienone is 1. The fraction of sp³-hybridized carbons (Fsp3) is 0.750. The molecule has 134 valence electrons. The molecule has 0 spiro atoms. The van der Waals surface area contributed by atoms with Crippen molar-refractivity contribution in [3.05, 3.63) is 23.3 Å². The summed E-state index contributed by atoms with van der Waals surface area (Å²) in [6.45, 7) is 5.23. The van der Waals surface area contributed by atoms with Crippen molar-refractivity contribution in [2.24, 2.45) is 0 Å². The Hall–Kier alpha value is -0.800. The Kier molecular flexibility index (Phi) is 8.35. The molecule has 5 N–H and O–H groups in total. The predicted octanol–water partition coefficient (Wildman–Crippen LogP) is -0.534. The van der Waals surface area contributed by atoms with Crippen LogP contribution < -0.4 is 0 Å². The molecule has 0 unspecified atom stereocenters. The predicted molar refractivity (Wildman–Crippen MR) is 83.5 cm³/mol. The fourth-order valence-electron chi connectivity index (χ4n) is 2.15. The number of aliphatic hydroxyl groups is 5. The molecule has 6 atom stereocenters. The van der Waals surface area contributed by atoms with E-state index in [0.717, 1.165) is 5.57 Å². The fourth-order valence-corrected chi connectivity index (χ4v) is 2.15. The number of hydrogen-bond donors (Lipinski definition) is 5. The van der Waals surface area contributed by atoms with Gasteiger partial charge in [0.25, 0.3) is 0 Å². The molecule has 0 amide bonds. The minimum Gasteiger partial charge on any atom is -0.394 e. The highest BCUT2D eigenvalue weighted by Gasteiger charge is 2.43. The number of hydrogen-bond acceptors (Lipinski definition) is 7. The minimum absolute atomic E-state index is 0.0560. The lowest BCUT2D eigenvalue weighted by Gasteiger charge is -2.39. The third-order valence-electron chi connectivity index (χ3n) is 3.79. The van der Waals surface area contributed by atoms with Crippen LogP contribution in [0.3, 0.4) is 0 Å². The van der Waals surface area contributed by atoms with E-state index in [1.54, 1.807) is 13.0 Å². The van der Waals surface area contributed by atoms with Crippen LogP contribution in [0.2, 0.25) is 0 Å². The summed E-state index contributed by atoms with van der Waals surface area (Å²) in [5.41, 5.74) is 1.83. The van der Waals surface area contributed by atoms with Crippen molar-refractivity contribution >= 4 is 0 Å². The first kappa shape index (κ1) is 20.2. The van der Waals surface area contributed by atoms with Gasteiger partial charge in [-0.1, -0.05) is 17.7 Å². The molecule has 1 aliphatic rings. The smallest absolute Gasteiger partial charge is 0.187 e. The van der Waals surface area contributed by atoms with Gasteiger partial charge in [-0.3, -0.25) is 0 Å². The van der Waals surface area contributed by atoms with Crippen molar-refractivity contribution in [3.63, 3.8) is 0 Å². The molecule has 0 aliphatic carbocycles. The van der Waals surface area contributed by atoms with Gasteiger partial charge in [-0.05, 0) is 32.8 Å². The van der Waals surface area contributed by atoms with Crippen LogP contribution in [0.15, 0.2) is 23.3 Å². The molecule has 23 heavy (non-hydrogen) atoms. The minimum atomic E-state index is -1.46. The van der Waals surface area contributed by atoms with Gasteiger partial charge in [0.15, 0.2) is 6.29 Å². The first-order valence-electron chi connectivity index (χ1n) is 7.68. The SMILES string of the molecule is CC(C)=CC[C@H](O)/C(C)=C/CO[C@H]1O[C@@H](CO)[C@H](O)[C@@H](O)[C@@H]1O. The molecule has 0 radical (unpaired) electrons. The molecule has 0 aromatic carbocycles. The molecule has 7 heteroatoms. The van der Waals surface area contributed by atoms with Crippen molar-refractivity contribution in [1.29, 1.82) is 0 Å². The van der Waals surface area contributed by atoms with E-state index in [2.05, 4.69) is 0 Å². The second kappa shape index (κ2) is 9.48. The summed E-state index contributed by atoms with van der Waals surface area (Å²) >= 11 is 0. The average molecular weight is 332 g/mol. The molecule has 1 aliphatic heterocycles. The van der Waals surface area contributed by atoms with Crippen LogP contribution in [0.4, 0.5) is 0 Å². The van der Waals surface area contributed by atoms with Gasteiger partial charge in [-0.25, -0.2) is 0 Å². The maximum atomic E-state index is 9.96. The molecule has 1 rings (SSSR count). The summed E-state index contributed by atoms with van der Waals surface area (Å²) in [6, 6.07) is 0. The standard InChI is InChI=1S/C16H28O7/c1-9(2)4-5-11(18)10(3)6-7-22-16-15(21)14(20)13(19)12(8-17)23-16/h4,6,11-21H,5,7-8H2,1-3H3/b10-6+/t11-,12-,13-,14+,15-,16-/m0/s1. The van der Waals surface area contributed by atoms with Gasteiger partial charge in [0.1, 0.15) is 24.4 Å². The third kappa shape index (κ3) is 5.96. The normalized spacial score (nSPS) is 33.4. The summed E-state index contributed by atoms with van der Waals surface area (Å²) in [6.07, 6.45) is -2.97. The molecule has 0 bridgehead atoms. The zero-order chi connectivity index (χ0) is 17.6. The topological polar surface area (TPSA) is 120 Å². The quantitative estimate of drug-likeness (QED) is 0.397. The van der Waals surface area contributed by atoms with Crippen molar-refractivity contribution in [2.45, 2.75) is 64.0 Å². The Labute approximate surface area is 136 Å². The van der Waals surface area contributed by atoms with Gasteiger partial charge in [0.2, 0.25) is 0 Å². The Morgan fingerprint density at radius 2 is 1.74 bits per heavy atom. The summed E-state index contributed by atoms with van der Waals surface area (Å²) in [5, 5.41) is 48.2. The van der Waals surface area contributed by atoms with Crippen LogP contribution in [0.5, 0.6) is 0 Å². The Morgan fingerprint density at radius 3 is 2.30 bits per heavy atom. The molecule has 1 fully saturated rings. The first-order chi connectivity index (χ1) is 10.8. The monoisotopic (exact) mass is 332 g/mol. The number of ether oxygens (including phenoxy) is 2. The molecule has 0 aromatic heterocycles. The summed E-state index contributed by atoms with van der Waals surface area (Å²) < 4.78 is 10.6. The van der Waals surface area contributed by atoms with Gasteiger partial charge in [0, 0.05) is 0 Å². The highest BCUT2D eigenvalue weighted by atomic mass is 16.7. The van der Waals surface area contributed by atoms with Crippen LogP contribution in [0.25, 0.3) is 0 Å². The van der Waals surface area contributed by atoms with E-state index in [4.69, 9.17) is 14.6 Å². The second-order valence-electron chi connectivity index (χ2n) is 6.01. The summed E-state index contributed by atoms with van der Waals surface area (Å²) in [7, 11) is 0. The summed E-state index contributed by atoms with van der Waals surface area (Å²) in [4.78, 5) is 0. The zero-order valence-electron chi connectivity index (χ0n) is 13.8. The van der Waals surface area contributed by atoms with E-state index in [0.29, 0.717) is 12.0 Å². The van der Waals surface area contributed by atoms with Crippen molar-refractivity contribution in [3.8, 4) is 0 Å². The number of aliphatic hydroxyl groups excluding tert-OH is 5. The van der Waals surface area contributed by atoms with Gasteiger partial charge in [-0.15, -0.1) is 0 Å². The molecule has 1 heterocycles. The van der Waals surface area contributed by atoms with Crippen LogP contribution >= 0.6 is 0 Å². The maximum Gasteiger partial charge on any atom is 0.187 e. The van der Waals surface area contributed by atoms with E-state index in [9.17, 15) is 20.4 Å². The van der Waals surface area contributed by atoms with E-state index in [1.165, 1.54) is 0 Å². The van der Waals surface area contributed by atoms with Crippen molar-refractivity contribution in [2.75, 3.05) is 13.2 Å². The van der Waals surface area contributed by atoms with E-state index in [1.807, 2.05) is 19.9 Å². The van der Waals surface area contributed by atoms with Crippen LogP contribution in [-0.2, 0) is 9.47 Å². The Morgan fingerprint density at radius 1 is 1.09 bits per heavy atom. The van der Waals surface area contributed by atoms with Gasteiger partial charge in [-0.2, -0.15) is 0 Å². The van der Waals surface area contributed by atoms with Crippen LogP contribution in [-0.4, -0.2) is 75.6 Å². The van der Waals surface area contributed by atoms with E-state index < -0.39 is 43.4 Å². The zero-order valence-corrected chi connectivity index (χ0v) is 13.8. The van der Waals surface area contributed by atoms with Gasteiger partial charge >= 0.3 is 0 Å². The largest absolute Gasteiger partial charge is 0.394 e. The molecule has 1 saturated heterocycles. The molecule has 0 saturated carbocycles. The molecule has 0 aromatic rings. The highest BCUT2D eigenvalue weighted by molar-refractivity contribution is 5.08. The van der Waals surface area contributed by atoms with Crippen molar-refractivity contribution in [1.82, 2.24) is 0 Å². The molecular formula is C16H28O7. The lowest BCUT2D eigenvalue weighted by Crippen LogP contribution is -2.59. The lowest BCUT2D eigenvalue weighted by molar-refractivity contribution is -0.298. The van der Waals surface area contributed by atoms with Crippen LogP contribution in [0, 0.1) is 0 Å². The number of rotatable bonds is 7. The second-order valence-corrected chi connectivity index (χ2v) is 6.01. The third-order valence-corrected chi connectivity index (χ3v) is 3.79. The van der Waals surface area contributed by atoms with Gasteiger partial charge in [0.05, 0.1) is 19.3 Å². The average Bonchev–Trinajstić information content (AvgIpc) is 2.52. The maximum absolute atomic E-state index is 9.96. The van der Waals surface area contributed by atoms with Crippen LogP contribution in [0.1, 0.15) is 27.2 Å². The summed E-state index contributed by atoms with van der Waals surface area (Å²) in [5.74, 6) is 0. The molecular weight excluding hydrogens is 304 g/mol.